The Morgan fingerprint density at radius 1 is 1.22 bits per heavy atom. The first-order chi connectivity index (χ1) is 10.8. The van der Waals surface area contributed by atoms with Crippen LogP contribution in [0.1, 0.15) is 5.69 Å². The molecule has 1 aliphatic heterocycles. The van der Waals surface area contributed by atoms with Gasteiger partial charge >= 0.3 is 0 Å². The van der Waals surface area contributed by atoms with E-state index in [1.165, 1.54) is 4.68 Å². The highest BCUT2D eigenvalue weighted by atomic mass is 32.2. The summed E-state index contributed by atoms with van der Waals surface area (Å²) >= 11 is 0. The molecule has 2 N–H and O–H groups in total. The van der Waals surface area contributed by atoms with E-state index in [0.717, 1.165) is 5.69 Å². The van der Waals surface area contributed by atoms with Crippen molar-refractivity contribution in [3.05, 3.63) is 46.4 Å². The fourth-order valence-electron chi connectivity index (χ4n) is 2.89. The van der Waals surface area contributed by atoms with E-state index in [9.17, 15) is 18.3 Å². The molecule has 0 saturated carbocycles. The topological polar surface area (TPSA) is 93.3 Å². The quantitative estimate of drug-likeness (QED) is 0.826. The summed E-state index contributed by atoms with van der Waals surface area (Å²) in [7, 11) is -1.51. The normalized spacial score (nSPS) is 23.1. The lowest BCUT2D eigenvalue weighted by molar-refractivity contribution is 0.190. The molecule has 0 spiro atoms. The number of hydrogen-bond donors (Lipinski definition) is 2. The summed E-state index contributed by atoms with van der Waals surface area (Å²) < 4.78 is 26.4. The number of rotatable bonds is 3. The van der Waals surface area contributed by atoms with Crippen LogP contribution < -0.4 is 10.9 Å². The number of aliphatic hydroxyl groups is 1. The van der Waals surface area contributed by atoms with Gasteiger partial charge in [0.15, 0.2) is 9.84 Å². The average molecular weight is 337 g/mol. The van der Waals surface area contributed by atoms with Crippen molar-refractivity contribution in [2.45, 2.75) is 19.1 Å². The molecule has 0 radical (unpaired) electrons. The minimum Gasteiger partial charge on any atom is -0.390 e. The van der Waals surface area contributed by atoms with Crippen LogP contribution in [0, 0.1) is 6.92 Å². The Labute approximate surface area is 134 Å². The van der Waals surface area contributed by atoms with E-state index < -0.39 is 22.0 Å². The third-order valence-electron chi connectivity index (χ3n) is 4.21. The minimum atomic E-state index is -3.27. The van der Waals surface area contributed by atoms with E-state index in [1.54, 1.807) is 18.7 Å². The summed E-state index contributed by atoms with van der Waals surface area (Å²) in [6, 6.07) is 8.51. The molecule has 7 nitrogen and oxygen atoms in total. The van der Waals surface area contributed by atoms with Crippen molar-refractivity contribution in [3.8, 4) is 5.69 Å². The van der Waals surface area contributed by atoms with Crippen LogP contribution in [0.25, 0.3) is 5.69 Å². The number of sulfone groups is 1. The molecule has 124 valence electrons. The van der Waals surface area contributed by atoms with Gasteiger partial charge in [-0.05, 0) is 19.1 Å². The fourth-order valence-corrected chi connectivity index (χ4v) is 4.63. The molecule has 1 aromatic heterocycles. The summed E-state index contributed by atoms with van der Waals surface area (Å²) in [5.74, 6) is -0.448. The third kappa shape index (κ3) is 2.79. The molecule has 0 unspecified atom stereocenters. The molecule has 1 saturated heterocycles. The van der Waals surface area contributed by atoms with E-state index >= 15 is 0 Å². The van der Waals surface area contributed by atoms with E-state index in [1.807, 2.05) is 30.3 Å². The fraction of sp³-hybridized carbons (Fsp3) is 0.400. The summed E-state index contributed by atoms with van der Waals surface area (Å²) in [5, 5.41) is 12.8. The largest absolute Gasteiger partial charge is 0.390 e. The van der Waals surface area contributed by atoms with E-state index in [2.05, 4.69) is 5.32 Å². The molecule has 3 rings (SSSR count). The highest BCUT2D eigenvalue weighted by Gasteiger charge is 2.37. The molecule has 0 amide bonds. The summed E-state index contributed by atoms with van der Waals surface area (Å²) in [5.41, 5.74) is 1.44. The van der Waals surface area contributed by atoms with Gasteiger partial charge in [0.1, 0.15) is 5.69 Å². The first kappa shape index (κ1) is 15.8. The predicted molar refractivity (Wildman–Crippen MR) is 87.8 cm³/mol. The maximum Gasteiger partial charge on any atom is 0.295 e. The van der Waals surface area contributed by atoms with Crippen LogP contribution in [0.15, 0.2) is 35.1 Å². The summed E-state index contributed by atoms with van der Waals surface area (Å²) in [6.45, 7) is 1.78. The van der Waals surface area contributed by atoms with Gasteiger partial charge in [-0.2, -0.15) is 0 Å². The minimum absolute atomic E-state index is 0.173. The SMILES string of the molecule is Cc1c(N[C@H]2CS(=O)(=O)C[C@H]2O)c(=O)n(-c2ccccc2)n1C. The second-order valence-electron chi connectivity index (χ2n) is 5.83. The van der Waals surface area contributed by atoms with Gasteiger partial charge in [-0.3, -0.25) is 9.48 Å². The summed E-state index contributed by atoms with van der Waals surface area (Å²) in [6.07, 6.45) is -1.01. The number of aromatic nitrogens is 2. The number of aliphatic hydroxyl groups excluding tert-OH is 1. The Hall–Kier alpha value is -2.06. The molecular weight excluding hydrogens is 318 g/mol. The average Bonchev–Trinajstić information content (AvgIpc) is 2.87. The number of anilines is 1. The molecule has 2 aromatic rings. The molecular formula is C15H19N3O4S. The highest BCUT2D eigenvalue weighted by molar-refractivity contribution is 7.91. The van der Waals surface area contributed by atoms with Gasteiger partial charge in [-0.25, -0.2) is 13.1 Å². The highest BCUT2D eigenvalue weighted by Crippen LogP contribution is 2.20. The van der Waals surface area contributed by atoms with Gasteiger partial charge < -0.3 is 10.4 Å². The zero-order chi connectivity index (χ0) is 16.8. The van der Waals surface area contributed by atoms with Crippen molar-refractivity contribution in [1.29, 1.82) is 0 Å². The molecule has 1 aromatic carbocycles. The molecule has 0 bridgehead atoms. The standard InChI is InChI=1S/C15H19N3O4S/c1-10-14(16-12-8-23(21,22)9-13(12)19)15(20)18(17(10)2)11-6-4-3-5-7-11/h3-7,12-13,16,19H,8-9H2,1-2H3/t12-,13+/m0/s1. The number of hydrogen-bond acceptors (Lipinski definition) is 5. The maximum atomic E-state index is 12.7. The first-order valence-electron chi connectivity index (χ1n) is 7.29. The zero-order valence-corrected chi connectivity index (χ0v) is 13.7. The molecule has 1 aliphatic rings. The van der Waals surface area contributed by atoms with Crippen LogP contribution >= 0.6 is 0 Å². The second kappa shape index (κ2) is 5.54. The third-order valence-corrected chi connectivity index (χ3v) is 5.92. The van der Waals surface area contributed by atoms with Gasteiger partial charge in [0.25, 0.3) is 5.56 Å². The Bertz CT molecular complexity index is 883. The monoisotopic (exact) mass is 337 g/mol. The Balaban J connectivity index is 2.01. The van der Waals surface area contributed by atoms with Gasteiger partial charge in [0.05, 0.1) is 35.0 Å². The number of benzene rings is 1. The van der Waals surface area contributed by atoms with Gasteiger partial charge in [-0.1, -0.05) is 18.2 Å². The lowest BCUT2D eigenvalue weighted by atomic mass is 10.2. The van der Waals surface area contributed by atoms with Crippen molar-refractivity contribution in [2.75, 3.05) is 16.8 Å². The van der Waals surface area contributed by atoms with Crippen LogP contribution in [0.4, 0.5) is 5.69 Å². The number of para-hydroxylation sites is 1. The van der Waals surface area contributed by atoms with Crippen LogP contribution in [-0.4, -0.2) is 46.5 Å². The molecule has 2 atom stereocenters. The van der Waals surface area contributed by atoms with Crippen LogP contribution in [0.2, 0.25) is 0 Å². The van der Waals surface area contributed by atoms with E-state index in [4.69, 9.17) is 0 Å². The lowest BCUT2D eigenvalue weighted by Gasteiger charge is -2.14. The molecule has 0 aliphatic carbocycles. The van der Waals surface area contributed by atoms with Gasteiger partial charge in [0, 0.05) is 7.05 Å². The summed E-state index contributed by atoms with van der Waals surface area (Å²) in [4.78, 5) is 12.7. The van der Waals surface area contributed by atoms with Gasteiger partial charge in [-0.15, -0.1) is 0 Å². The van der Waals surface area contributed by atoms with Crippen molar-refractivity contribution >= 4 is 15.5 Å². The molecule has 2 heterocycles. The van der Waals surface area contributed by atoms with Crippen LogP contribution in [0.3, 0.4) is 0 Å². The van der Waals surface area contributed by atoms with E-state index in [-0.39, 0.29) is 17.1 Å². The number of nitrogens with one attached hydrogen (secondary N) is 1. The maximum absolute atomic E-state index is 12.7. The Morgan fingerprint density at radius 2 is 1.87 bits per heavy atom. The Morgan fingerprint density at radius 3 is 2.43 bits per heavy atom. The van der Waals surface area contributed by atoms with E-state index in [0.29, 0.717) is 11.4 Å². The van der Waals surface area contributed by atoms with Crippen molar-refractivity contribution < 1.29 is 13.5 Å². The molecule has 8 heteroatoms. The smallest absolute Gasteiger partial charge is 0.295 e. The predicted octanol–water partition coefficient (Wildman–Crippen LogP) is 0.0542. The molecule has 23 heavy (non-hydrogen) atoms. The zero-order valence-electron chi connectivity index (χ0n) is 12.9. The lowest BCUT2D eigenvalue weighted by Crippen LogP contribution is -2.34. The van der Waals surface area contributed by atoms with Crippen LogP contribution in [0.5, 0.6) is 0 Å². The molecule has 1 fully saturated rings. The van der Waals surface area contributed by atoms with Crippen LogP contribution in [-0.2, 0) is 16.9 Å². The first-order valence-corrected chi connectivity index (χ1v) is 9.11. The van der Waals surface area contributed by atoms with Crippen molar-refractivity contribution in [3.63, 3.8) is 0 Å². The van der Waals surface area contributed by atoms with Crippen molar-refractivity contribution in [1.82, 2.24) is 9.36 Å². The Kier molecular flexibility index (Phi) is 3.81. The van der Waals surface area contributed by atoms with Crippen molar-refractivity contribution in [2.24, 2.45) is 7.05 Å². The number of nitrogens with zero attached hydrogens (tertiary/aromatic N) is 2. The second-order valence-corrected chi connectivity index (χ2v) is 7.99. The van der Waals surface area contributed by atoms with Gasteiger partial charge in [0.2, 0.25) is 0 Å².